The molecule has 1 aromatic heterocycles. The van der Waals surface area contributed by atoms with Crippen LogP contribution in [0.25, 0.3) is 11.4 Å². The number of rotatable bonds is 5. The second kappa shape index (κ2) is 6.01. The van der Waals surface area contributed by atoms with Crippen molar-refractivity contribution in [3.63, 3.8) is 0 Å². The Kier molecular flexibility index (Phi) is 4.36. The molecule has 0 saturated heterocycles. The minimum atomic E-state index is -0.482. The molecule has 2 aromatic rings. The Balaban J connectivity index is 2.32. The van der Waals surface area contributed by atoms with Crippen LogP contribution < -0.4 is 10.5 Å². The molecule has 0 radical (unpaired) electrons. The van der Waals surface area contributed by atoms with Gasteiger partial charge >= 0.3 is 0 Å². The summed E-state index contributed by atoms with van der Waals surface area (Å²) < 4.78 is 10.3. The minimum Gasteiger partial charge on any atom is -0.496 e. The van der Waals surface area contributed by atoms with E-state index in [-0.39, 0.29) is 12.5 Å². The molecule has 1 aromatic carbocycles. The third kappa shape index (κ3) is 3.04. The Morgan fingerprint density at radius 3 is 3.00 bits per heavy atom. The third-order valence-corrected chi connectivity index (χ3v) is 2.84. The predicted octanol–water partition coefficient (Wildman–Crippen LogP) is 1.78. The van der Waals surface area contributed by atoms with Crippen LogP contribution in [0.15, 0.2) is 22.7 Å². The molecule has 7 heteroatoms. The SMILES string of the molecule is COc1cc(Cl)ccc1-c1noc(C(N)CCO)n1. The number of ether oxygens (including phenoxy) is 1. The zero-order chi connectivity index (χ0) is 13.8. The molecular formula is C12H14ClN3O3. The average Bonchev–Trinajstić information content (AvgIpc) is 2.88. The van der Waals surface area contributed by atoms with Gasteiger partial charge in [-0.05, 0) is 24.6 Å². The molecule has 19 heavy (non-hydrogen) atoms. The maximum Gasteiger partial charge on any atom is 0.243 e. The van der Waals surface area contributed by atoms with Crippen LogP contribution in [0, 0.1) is 0 Å². The fraction of sp³-hybridized carbons (Fsp3) is 0.333. The van der Waals surface area contributed by atoms with Crippen LogP contribution >= 0.6 is 11.6 Å². The summed E-state index contributed by atoms with van der Waals surface area (Å²) in [5.74, 6) is 1.20. The van der Waals surface area contributed by atoms with Gasteiger partial charge in [0.1, 0.15) is 5.75 Å². The van der Waals surface area contributed by atoms with Gasteiger partial charge in [0.15, 0.2) is 0 Å². The quantitative estimate of drug-likeness (QED) is 0.868. The van der Waals surface area contributed by atoms with Gasteiger partial charge in [0, 0.05) is 11.6 Å². The molecular weight excluding hydrogens is 270 g/mol. The van der Waals surface area contributed by atoms with Gasteiger partial charge < -0.3 is 20.1 Å². The van der Waals surface area contributed by atoms with Crippen LogP contribution in [0.2, 0.25) is 5.02 Å². The number of nitrogens with two attached hydrogens (primary N) is 1. The fourth-order valence-corrected chi connectivity index (χ4v) is 1.77. The number of aliphatic hydroxyl groups is 1. The molecule has 0 aliphatic rings. The molecule has 1 atom stereocenters. The smallest absolute Gasteiger partial charge is 0.243 e. The first-order valence-electron chi connectivity index (χ1n) is 5.69. The lowest BCUT2D eigenvalue weighted by Crippen LogP contribution is -2.12. The molecule has 1 heterocycles. The molecule has 0 amide bonds. The maximum atomic E-state index is 8.83. The first-order valence-corrected chi connectivity index (χ1v) is 6.07. The topological polar surface area (TPSA) is 94.4 Å². The van der Waals surface area contributed by atoms with Gasteiger partial charge in [-0.25, -0.2) is 0 Å². The van der Waals surface area contributed by atoms with Gasteiger partial charge in [-0.2, -0.15) is 4.98 Å². The fourth-order valence-electron chi connectivity index (χ4n) is 1.61. The molecule has 2 rings (SSSR count). The molecule has 0 spiro atoms. The Morgan fingerprint density at radius 2 is 2.32 bits per heavy atom. The highest BCUT2D eigenvalue weighted by Gasteiger charge is 2.17. The standard InChI is InChI=1S/C12H14ClN3O3/c1-18-10-6-7(13)2-3-8(10)11-15-12(19-16-11)9(14)4-5-17/h2-3,6,9,17H,4-5,14H2,1H3. The molecule has 1 unspecified atom stereocenters. The number of hydrogen-bond acceptors (Lipinski definition) is 6. The van der Waals surface area contributed by atoms with Crippen LogP contribution in [-0.4, -0.2) is 29.0 Å². The van der Waals surface area contributed by atoms with Crippen LogP contribution in [0.5, 0.6) is 5.75 Å². The lowest BCUT2D eigenvalue weighted by Gasteiger charge is -2.05. The number of halogens is 1. The normalized spacial score (nSPS) is 12.4. The summed E-state index contributed by atoms with van der Waals surface area (Å²) in [5, 5.41) is 13.2. The van der Waals surface area contributed by atoms with E-state index in [9.17, 15) is 0 Å². The average molecular weight is 284 g/mol. The molecule has 0 fully saturated rings. The Hall–Kier alpha value is -1.63. The second-order valence-electron chi connectivity index (χ2n) is 3.92. The summed E-state index contributed by atoms with van der Waals surface area (Å²) in [4.78, 5) is 4.20. The van der Waals surface area contributed by atoms with Crippen LogP contribution in [-0.2, 0) is 0 Å². The first kappa shape index (κ1) is 13.8. The van der Waals surface area contributed by atoms with E-state index in [0.717, 1.165) is 0 Å². The van der Waals surface area contributed by atoms with E-state index in [2.05, 4.69) is 10.1 Å². The number of hydrogen-bond donors (Lipinski definition) is 2. The highest BCUT2D eigenvalue weighted by Crippen LogP contribution is 2.31. The summed E-state index contributed by atoms with van der Waals surface area (Å²) in [5.41, 5.74) is 6.45. The molecule has 0 aliphatic heterocycles. The van der Waals surface area contributed by atoms with Crippen LogP contribution in [0.3, 0.4) is 0 Å². The van der Waals surface area contributed by atoms with Gasteiger partial charge in [-0.3, -0.25) is 0 Å². The van der Waals surface area contributed by atoms with Crippen molar-refractivity contribution in [1.82, 2.24) is 10.1 Å². The van der Waals surface area contributed by atoms with Crippen molar-refractivity contribution in [1.29, 1.82) is 0 Å². The Morgan fingerprint density at radius 1 is 1.53 bits per heavy atom. The lowest BCUT2D eigenvalue weighted by atomic mass is 10.2. The van der Waals surface area contributed by atoms with E-state index in [1.165, 1.54) is 7.11 Å². The third-order valence-electron chi connectivity index (χ3n) is 2.60. The zero-order valence-corrected chi connectivity index (χ0v) is 11.1. The van der Waals surface area contributed by atoms with Crippen molar-refractivity contribution in [2.45, 2.75) is 12.5 Å². The summed E-state index contributed by atoms with van der Waals surface area (Å²) >= 11 is 5.89. The highest BCUT2D eigenvalue weighted by molar-refractivity contribution is 6.30. The van der Waals surface area contributed by atoms with Crippen molar-refractivity contribution in [3.05, 3.63) is 29.1 Å². The van der Waals surface area contributed by atoms with Crippen molar-refractivity contribution in [3.8, 4) is 17.1 Å². The van der Waals surface area contributed by atoms with Gasteiger partial charge in [0.05, 0.1) is 18.7 Å². The predicted molar refractivity (Wildman–Crippen MR) is 69.9 cm³/mol. The molecule has 0 bridgehead atoms. The van der Waals surface area contributed by atoms with Crippen LogP contribution in [0.1, 0.15) is 18.4 Å². The molecule has 102 valence electrons. The Bertz CT molecular complexity index is 559. The van der Waals surface area contributed by atoms with E-state index < -0.39 is 6.04 Å². The molecule has 0 aliphatic carbocycles. The van der Waals surface area contributed by atoms with Gasteiger partial charge in [0.2, 0.25) is 11.7 Å². The molecule has 0 saturated carbocycles. The number of methoxy groups -OCH3 is 1. The summed E-state index contributed by atoms with van der Waals surface area (Å²) in [7, 11) is 1.54. The molecule has 3 N–H and O–H groups in total. The monoisotopic (exact) mass is 283 g/mol. The largest absolute Gasteiger partial charge is 0.496 e. The van der Waals surface area contributed by atoms with Gasteiger partial charge in [0.25, 0.3) is 0 Å². The van der Waals surface area contributed by atoms with Crippen molar-refractivity contribution < 1.29 is 14.4 Å². The van der Waals surface area contributed by atoms with Crippen LogP contribution in [0.4, 0.5) is 0 Å². The minimum absolute atomic E-state index is 0.0385. The highest BCUT2D eigenvalue weighted by atomic mass is 35.5. The summed E-state index contributed by atoms with van der Waals surface area (Å²) in [6, 6.07) is 4.64. The van der Waals surface area contributed by atoms with Crippen molar-refractivity contribution in [2.24, 2.45) is 5.73 Å². The lowest BCUT2D eigenvalue weighted by molar-refractivity contribution is 0.259. The number of aliphatic hydroxyl groups excluding tert-OH is 1. The van der Waals surface area contributed by atoms with Gasteiger partial charge in [-0.1, -0.05) is 16.8 Å². The van der Waals surface area contributed by atoms with E-state index >= 15 is 0 Å². The Labute approximate surface area is 115 Å². The van der Waals surface area contributed by atoms with E-state index in [0.29, 0.717) is 28.6 Å². The summed E-state index contributed by atoms with van der Waals surface area (Å²) in [6.45, 7) is -0.0385. The van der Waals surface area contributed by atoms with E-state index in [1.807, 2.05) is 0 Å². The zero-order valence-electron chi connectivity index (χ0n) is 10.3. The number of aromatic nitrogens is 2. The first-order chi connectivity index (χ1) is 9.15. The van der Waals surface area contributed by atoms with E-state index in [1.54, 1.807) is 18.2 Å². The summed E-state index contributed by atoms with van der Waals surface area (Å²) in [6.07, 6.45) is 0.361. The van der Waals surface area contributed by atoms with E-state index in [4.69, 9.17) is 31.7 Å². The van der Waals surface area contributed by atoms with Crippen molar-refractivity contribution in [2.75, 3.05) is 13.7 Å². The number of benzene rings is 1. The number of nitrogens with zero attached hydrogens (tertiary/aromatic N) is 2. The maximum absolute atomic E-state index is 8.83. The van der Waals surface area contributed by atoms with Crippen molar-refractivity contribution >= 4 is 11.6 Å². The second-order valence-corrected chi connectivity index (χ2v) is 4.36. The van der Waals surface area contributed by atoms with Gasteiger partial charge in [-0.15, -0.1) is 0 Å². The molecule has 6 nitrogen and oxygen atoms in total.